The van der Waals surface area contributed by atoms with Crippen molar-refractivity contribution in [2.45, 2.75) is 13.0 Å². The van der Waals surface area contributed by atoms with E-state index in [2.05, 4.69) is 10.0 Å². The fourth-order valence-electron chi connectivity index (χ4n) is 1.67. The van der Waals surface area contributed by atoms with Gasteiger partial charge in [-0.1, -0.05) is 11.6 Å². The van der Waals surface area contributed by atoms with Crippen LogP contribution >= 0.6 is 11.6 Å². The molecule has 0 aromatic heterocycles. The summed E-state index contributed by atoms with van der Waals surface area (Å²) in [5.41, 5.74) is 0.822. The van der Waals surface area contributed by atoms with Gasteiger partial charge >= 0.3 is 0 Å². The molecule has 20 heavy (non-hydrogen) atoms. The highest BCUT2D eigenvalue weighted by atomic mass is 35.5. The maximum Gasteiger partial charge on any atom is 0.229 e. The molecule has 1 atom stereocenters. The molecular formula is C11H17ClN2O4S2. The molecule has 9 heteroatoms. The van der Waals surface area contributed by atoms with E-state index >= 15 is 0 Å². The summed E-state index contributed by atoms with van der Waals surface area (Å²) in [5, 5.41) is 3.33. The van der Waals surface area contributed by atoms with Crippen LogP contribution in [0, 0.1) is 0 Å². The average Bonchev–Trinajstić information content (AvgIpc) is 2.18. The molecule has 0 spiro atoms. The van der Waals surface area contributed by atoms with Gasteiger partial charge < -0.3 is 5.32 Å². The van der Waals surface area contributed by atoms with Crippen LogP contribution in [0.1, 0.15) is 6.92 Å². The Morgan fingerprint density at radius 3 is 2.30 bits per heavy atom. The van der Waals surface area contributed by atoms with E-state index in [0.29, 0.717) is 16.4 Å². The van der Waals surface area contributed by atoms with Gasteiger partial charge in [-0.15, -0.1) is 0 Å². The molecule has 1 aromatic carbocycles. The highest BCUT2D eigenvalue weighted by Crippen LogP contribution is 2.26. The Morgan fingerprint density at radius 2 is 1.80 bits per heavy atom. The summed E-state index contributed by atoms with van der Waals surface area (Å²) in [5.74, 6) is -0.0486. The standard InChI is InChI=1S/C11H17ClN2O4S2/c1-8(7-19(2,15)16)13-11-6-9(4-5-10(11)12)14-20(3,17)18/h4-6,8,13-14H,7H2,1-3H3. The summed E-state index contributed by atoms with van der Waals surface area (Å²) in [4.78, 5) is 0. The van der Waals surface area contributed by atoms with Gasteiger partial charge in [-0.3, -0.25) is 4.72 Å². The maximum absolute atomic E-state index is 11.2. The fraction of sp³-hybridized carbons (Fsp3) is 0.455. The second-order valence-corrected chi connectivity index (χ2v) is 9.05. The van der Waals surface area contributed by atoms with E-state index < -0.39 is 19.9 Å². The number of halogens is 1. The summed E-state index contributed by atoms with van der Waals surface area (Å²) in [6.45, 7) is 1.70. The van der Waals surface area contributed by atoms with Gasteiger partial charge in [0.2, 0.25) is 10.0 Å². The van der Waals surface area contributed by atoms with Gasteiger partial charge in [0, 0.05) is 12.3 Å². The Bertz CT molecular complexity index is 686. The van der Waals surface area contributed by atoms with E-state index in [1.54, 1.807) is 6.92 Å². The first-order valence-electron chi connectivity index (χ1n) is 5.68. The van der Waals surface area contributed by atoms with Gasteiger partial charge in [-0.2, -0.15) is 0 Å². The summed E-state index contributed by atoms with van der Waals surface area (Å²) >= 11 is 5.99. The number of hydrogen-bond acceptors (Lipinski definition) is 5. The van der Waals surface area contributed by atoms with Crippen LogP contribution in [-0.4, -0.2) is 41.1 Å². The highest BCUT2D eigenvalue weighted by molar-refractivity contribution is 7.92. The Morgan fingerprint density at radius 1 is 1.20 bits per heavy atom. The number of anilines is 2. The minimum absolute atomic E-state index is 0.0486. The van der Waals surface area contributed by atoms with Gasteiger partial charge in [-0.05, 0) is 25.1 Å². The quantitative estimate of drug-likeness (QED) is 0.819. The highest BCUT2D eigenvalue weighted by Gasteiger charge is 2.12. The molecule has 1 aromatic rings. The average molecular weight is 341 g/mol. The molecule has 0 aliphatic carbocycles. The zero-order valence-electron chi connectivity index (χ0n) is 11.3. The summed E-state index contributed by atoms with van der Waals surface area (Å²) in [6, 6.07) is 4.22. The van der Waals surface area contributed by atoms with Crippen molar-refractivity contribution in [3.05, 3.63) is 23.2 Å². The number of sulfonamides is 1. The first-order chi connectivity index (χ1) is 8.96. The molecule has 1 unspecified atom stereocenters. The van der Waals surface area contributed by atoms with Crippen LogP contribution in [0.4, 0.5) is 11.4 Å². The van der Waals surface area contributed by atoms with Crippen molar-refractivity contribution in [1.82, 2.24) is 0 Å². The Hall–Kier alpha value is -0.990. The normalized spacial score (nSPS) is 13.8. The van der Waals surface area contributed by atoms with Crippen molar-refractivity contribution in [1.29, 1.82) is 0 Å². The third-order valence-corrected chi connectivity index (χ3v) is 4.27. The predicted octanol–water partition coefficient (Wildman–Crippen LogP) is 1.56. The minimum atomic E-state index is -3.38. The van der Waals surface area contributed by atoms with E-state index in [0.717, 1.165) is 12.5 Å². The molecule has 1 rings (SSSR count). The van der Waals surface area contributed by atoms with Gasteiger partial charge in [0.25, 0.3) is 0 Å². The van der Waals surface area contributed by atoms with Gasteiger partial charge in [0.15, 0.2) is 0 Å². The SMILES string of the molecule is CC(CS(C)(=O)=O)Nc1cc(NS(C)(=O)=O)ccc1Cl. The van der Waals surface area contributed by atoms with Gasteiger partial charge in [-0.25, -0.2) is 16.8 Å². The lowest BCUT2D eigenvalue weighted by molar-refractivity contribution is 0.597. The first-order valence-corrected chi connectivity index (χ1v) is 10.0. The Balaban J connectivity index is 2.92. The van der Waals surface area contributed by atoms with Crippen LogP contribution in [-0.2, 0) is 19.9 Å². The van der Waals surface area contributed by atoms with Crippen LogP contribution in [0.2, 0.25) is 5.02 Å². The van der Waals surface area contributed by atoms with Crippen molar-refractivity contribution < 1.29 is 16.8 Å². The molecule has 114 valence electrons. The van der Waals surface area contributed by atoms with Crippen LogP contribution < -0.4 is 10.0 Å². The number of hydrogen-bond donors (Lipinski definition) is 2. The zero-order chi connectivity index (χ0) is 15.6. The third-order valence-electron chi connectivity index (χ3n) is 2.22. The molecule has 0 fully saturated rings. The van der Waals surface area contributed by atoms with Gasteiger partial charge in [0.1, 0.15) is 9.84 Å². The number of nitrogens with one attached hydrogen (secondary N) is 2. The van der Waals surface area contributed by atoms with E-state index in [1.165, 1.54) is 18.2 Å². The van der Waals surface area contributed by atoms with Crippen molar-refractivity contribution >= 4 is 42.8 Å². The van der Waals surface area contributed by atoms with Crippen LogP contribution in [0.15, 0.2) is 18.2 Å². The molecule has 2 N–H and O–H groups in total. The summed E-state index contributed by atoms with van der Waals surface area (Å²) in [7, 11) is -6.49. The maximum atomic E-state index is 11.2. The second kappa shape index (κ2) is 6.19. The lowest BCUT2D eigenvalue weighted by atomic mass is 10.2. The Labute approximate surface area is 124 Å². The summed E-state index contributed by atoms with van der Waals surface area (Å²) in [6.07, 6.45) is 2.19. The van der Waals surface area contributed by atoms with Crippen molar-refractivity contribution in [2.24, 2.45) is 0 Å². The van der Waals surface area contributed by atoms with Crippen molar-refractivity contribution in [3.8, 4) is 0 Å². The molecule has 0 heterocycles. The predicted molar refractivity (Wildman–Crippen MR) is 82.7 cm³/mol. The molecule has 6 nitrogen and oxygen atoms in total. The van der Waals surface area contributed by atoms with E-state index in [1.807, 2.05) is 0 Å². The number of benzene rings is 1. The monoisotopic (exact) mass is 340 g/mol. The fourth-order valence-corrected chi connectivity index (χ4v) is 3.39. The molecule has 0 saturated heterocycles. The lowest BCUT2D eigenvalue weighted by Gasteiger charge is -2.16. The molecule has 0 bridgehead atoms. The van der Waals surface area contributed by atoms with E-state index in [9.17, 15) is 16.8 Å². The van der Waals surface area contributed by atoms with Gasteiger partial charge in [0.05, 0.1) is 28.4 Å². The van der Waals surface area contributed by atoms with Crippen LogP contribution in [0.25, 0.3) is 0 Å². The topological polar surface area (TPSA) is 92.3 Å². The molecule has 0 aliphatic rings. The van der Waals surface area contributed by atoms with Crippen LogP contribution in [0.3, 0.4) is 0 Å². The first kappa shape index (κ1) is 17.1. The molecule has 0 aliphatic heterocycles. The second-order valence-electron chi connectivity index (χ2n) is 4.71. The molecule has 0 radical (unpaired) electrons. The van der Waals surface area contributed by atoms with E-state index in [-0.39, 0.29) is 11.8 Å². The smallest absolute Gasteiger partial charge is 0.229 e. The van der Waals surface area contributed by atoms with Crippen molar-refractivity contribution in [3.63, 3.8) is 0 Å². The summed E-state index contributed by atoms with van der Waals surface area (Å²) < 4.78 is 47.1. The number of sulfone groups is 1. The number of rotatable bonds is 6. The largest absolute Gasteiger partial charge is 0.380 e. The molecule has 0 amide bonds. The minimum Gasteiger partial charge on any atom is -0.380 e. The lowest BCUT2D eigenvalue weighted by Crippen LogP contribution is -2.25. The van der Waals surface area contributed by atoms with Crippen LogP contribution in [0.5, 0.6) is 0 Å². The van der Waals surface area contributed by atoms with E-state index in [4.69, 9.17) is 11.6 Å². The third kappa shape index (κ3) is 6.44. The van der Waals surface area contributed by atoms with Crippen molar-refractivity contribution in [2.75, 3.05) is 28.3 Å². The zero-order valence-corrected chi connectivity index (χ0v) is 13.7. The Kier molecular flexibility index (Phi) is 5.28. The molecule has 0 saturated carbocycles. The molecular weight excluding hydrogens is 324 g/mol.